The molecule has 3 atom stereocenters. The van der Waals surface area contributed by atoms with Crippen molar-refractivity contribution in [2.45, 2.75) is 38.0 Å². The number of aryl methyl sites for hydroxylation is 1. The summed E-state index contributed by atoms with van der Waals surface area (Å²) < 4.78 is 22.8. The van der Waals surface area contributed by atoms with Crippen LogP contribution in [0.2, 0.25) is 0 Å². The third kappa shape index (κ3) is 4.30. The largest absolute Gasteiger partial charge is 0.390 e. The number of sulfone groups is 1. The Morgan fingerprint density at radius 1 is 1.32 bits per heavy atom. The number of aliphatic hydroxyl groups excluding tert-OH is 1. The zero-order valence-electron chi connectivity index (χ0n) is 11.1. The molecule has 1 aromatic rings. The average Bonchev–Trinajstić information content (AvgIpc) is 2.61. The summed E-state index contributed by atoms with van der Waals surface area (Å²) in [5, 5.41) is 12.9. The fraction of sp³-hybridized carbons (Fsp3) is 0.571. The van der Waals surface area contributed by atoms with E-state index in [2.05, 4.69) is 17.4 Å². The highest BCUT2D eigenvalue weighted by Gasteiger charge is 2.36. The van der Waals surface area contributed by atoms with Crippen LogP contribution in [0.25, 0.3) is 0 Å². The van der Waals surface area contributed by atoms with Crippen molar-refractivity contribution in [1.29, 1.82) is 0 Å². The van der Waals surface area contributed by atoms with Crippen LogP contribution in [0.15, 0.2) is 30.3 Å². The van der Waals surface area contributed by atoms with Gasteiger partial charge in [0.2, 0.25) is 0 Å². The maximum atomic E-state index is 11.4. The Bertz CT molecular complexity index is 501. The lowest BCUT2D eigenvalue weighted by Crippen LogP contribution is -2.44. The lowest BCUT2D eigenvalue weighted by Gasteiger charge is -2.21. The van der Waals surface area contributed by atoms with E-state index >= 15 is 0 Å². The van der Waals surface area contributed by atoms with Gasteiger partial charge in [0.05, 0.1) is 17.6 Å². The Balaban J connectivity index is 1.80. The maximum Gasteiger partial charge on any atom is 0.154 e. The van der Waals surface area contributed by atoms with Crippen molar-refractivity contribution in [2.75, 3.05) is 11.5 Å². The van der Waals surface area contributed by atoms with E-state index in [1.807, 2.05) is 25.1 Å². The van der Waals surface area contributed by atoms with E-state index < -0.39 is 15.9 Å². The minimum Gasteiger partial charge on any atom is -0.390 e. The molecule has 1 aliphatic heterocycles. The van der Waals surface area contributed by atoms with Crippen LogP contribution in [0.1, 0.15) is 18.9 Å². The lowest BCUT2D eigenvalue weighted by atomic mass is 10.1. The molecule has 2 rings (SSSR count). The minimum absolute atomic E-state index is 0.0455. The van der Waals surface area contributed by atoms with Crippen molar-refractivity contribution in [1.82, 2.24) is 5.32 Å². The van der Waals surface area contributed by atoms with Gasteiger partial charge < -0.3 is 10.4 Å². The number of hydrogen-bond donors (Lipinski definition) is 2. The van der Waals surface area contributed by atoms with Crippen LogP contribution in [0.4, 0.5) is 0 Å². The predicted octanol–water partition coefficient (Wildman–Crippen LogP) is 0.755. The van der Waals surface area contributed by atoms with Gasteiger partial charge in [-0.25, -0.2) is 8.42 Å². The number of nitrogens with one attached hydrogen (secondary N) is 1. The highest BCUT2D eigenvalue weighted by atomic mass is 32.2. The molecule has 0 radical (unpaired) electrons. The van der Waals surface area contributed by atoms with Crippen molar-refractivity contribution in [3.05, 3.63) is 35.9 Å². The fourth-order valence-corrected chi connectivity index (χ4v) is 4.22. The third-order valence-corrected chi connectivity index (χ3v) is 5.25. The summed E-state index contributed by atoms with van der Waals surface area (Å²) >= 11 is 0. The van der Waals surface area contributed by atoms with Gasteiger partial charge in [-0.2, -0.15) is 0 Å². The first-order valence-corrected chi connectivity index (χ1v) is 8.47. The molecule has 1 heterocycles. The molecule has 19 heavy (non-hydrogen) atoms. The zero-order valence-corrected chi connectivity index (χ0v) is 11.9. The highest BCUT2D eigenvalue weighted by molar-refractivity contribution is 7.91. The standard InChI is InChI=1S/C14H21NO3S/c1-11(7-8-12-5-3-2-4-6-12)15-13-9-19(17,18)10-14(13)16/h2-6,11,13-16H,7-10H2,1H3/t11-,13-,14-/m0/s1. The van der Waals surface area contributed by atoms with E-state index in [1.165, 1.54) is 5.56 Å². The van der Waals surface area contributed by atoms with E-state index in [-0.39, 0.29) is 23.6 Å². The quantitative estimate of drug-likeness (QED) is 0.837. The van der Waals surface area contributed by atoms with Crippen molar-refractivity contribution in [2.24, 2.45) is 0 Å². The molecule has 4 nitrogen and oxygen atoms in total. The number of aliphatic hydroxyl groups is 1. The summed E-state index contributed by atoms with van der Waals surface area (Å²) in [6.07, 6.45) is 1.10. The van der Waals surface area contributed by atoms with Crippen LogP contribution >= 0.6 is 0 Å². The molecule has 0 spiro atoms. The molecule has 0 aromatic heterocycles. The average molecular weight is 283 g/mol. The summed E-state index contributed by atoms with van der Waals surface area (Å²) in [7, 11) is -3.07. The summed E-state index contributed by atoms with van der Waals surface area (Å²) in [4.78, 5) is 0. The van der Waals surface area contributed by atoms with Crippen LogP contribution < -0.4 is 5.32 Å². The Morgan fingerprint density at radius 3 is 2.58 bits per heavy atom. The Hall–Kier alpha value is -0.910. The normalized spacial score (nSPS) is 27.3. The van der Waals surface area contributed by atoms with Crippen LogP contribution in [0.5, 0.6) is 0 Å². The number of hydrogen-bond acceptors (Lipinski definition) is 4. The topological polar surface area (TPSA) is 66.4 Å². The molecule has 1 saturated heterocycles. The monoisotopic (exact) mass is 283 g/mol. The van der Waals surface area contributed by atoms with Gasteiger partial charge in [0.25, 0.3) is 0 Å². The molecule has 106 valence electrons. The Morgan fingerprint density at radius 2 is 2.00 bits per heavy atom. The molecule has 0 unspecified atom stereocenters. The summed E-state index contributed by atoms with van der Waals surface area (Å²) in [5.74, 6) is -0.0695. The van der Waals surface area contributed by atoms with Crippen molar-refractivity contribution >= 4 is 9.84 Å². The van der Waals surface area contributed by atoms with Crippen molar-refractivity contribution < 1.29 is 13.5 Å². The second-order valence-electron chi connectivity index (χ2n) is 5.34. The minimum atomic E-state index is -3.07. The van der Waals surface area contributed by atoms with Crippen LogP contribution in [0.3, 0.4) is 0 Å². The van der Waals surface area contributed by atoms with Gasteiger partial charge >= 0.3 is 0 Å². The molecule has 0 saturated carbocycles. The Kier molecular flexibility index (Phi) is 4.60. The van der Waals surface area contributed by atoms with E-state index in [0.717, 1.165) is 12.8 Å². The summed E-state index contributed by atoms with van der Waals surface area (Å²) in [6, 6.07) is 10.1. The summed E-state index contributed by atoms with van der Waals surface area (Å²) in [5.41, 5.74) is 1.27. The second kappa shape index (κ2) is 6.03. The first-order chi connectivity index (χ1) is 8.96. The third-order valence-electron chi connectivity index (χ3n) is 3.53. The van der Waals surface area contributed by atoms with Gasteiger partial charge in [0, 0.05) is 12.1 Å². The smallest absolute Gasteiger partial charge is 0.154 e. The SMILES string of the molecule is C[C@@H](CCc1ccccc1)N[C@H]1CS(=O)(=O)C[C@@H]1O. The van der Waals surface area contributed by atoms with Gasteiger partial charge in [-0.1, -0.05) is 30.3 Å². The number of benzene rings is 1. The van der Waals surface area contributed by atoms with Crippen LogP contribution in [-0.4, -0.2) is 43.2 Å². The Labute approximate surface area is 114 Å². The molecular formula is C14H21NO3S. The van der Waals surface area contributed by atoms with Crippen molar-refractivity contribution in [3.63, 3.8) is 0 Å². The molecule has 0 aliphatic carbocycles. The molecule has 1 aromatic carbocycles. The molecule has 0 bridgehead atoms. The van der Waals surface area contributed by atoms with Gasteiger partial charge in [-0.15, -0.1) is 0 Å². The van der Waals surface area contributed by atoms with Gasteiger partial charge in [0.1, 0.15) is 0 Å². The second-order valence-corrected chi connectivity index (χ2v) is 7.50. The highest BCUT2D eigenvalue weighted by Crippen LogP contribution is 2.14. The van der Waals surface area contributed by atoms with Gasteiger partial charge in [-0.05, 0) is 25.3 Å². The van der Waals surface area contributed by atoms with Crippen LogP contribution in [-0.2, 0) is 16.3 Å². The molecule has 2 N–H and O–H groups in total. The van der Waals surface area contributed by atoms with E-state index in [1.54, 1.807) is 0 Å². The lowest BCUT2D eigenvalue weighted by molar-refractivity contribution is 0.159. The zero-order chi connectivity index (χ0) is 13.9. The van der Waals surface area contributed by atoms with E-state index in [4.69, 9.17) is 0 Å². The maximum absolute atomic E-state index is 11.4. The van der Waals surface area contributed by atoms with E-state index in [0.29, 0.717) is 0 Å². The fourth-order valence-electron chi connectivity index (χ4n) is 2.46. The first-order valence-electron chi connectivity index (χ1n) is 6.65. The van der Waals surface area contributed by atoms with Gasteiger partial charge in [0.15, 0.2) is 9.84 Å². The molecule has 5 heteroatoms. The predicted molar refractivity (Wildman–Crippen MR) is 75.8 cm³/mol. The number of rotatable bonds is 5. The molecule has 1 fully saturated rings. The molecule has 0 amide bonds. The molecular weight excluding hydrogens is 262 g/mol. The van der Waals surface area contributed by atoms with Crippen LogP contribution in [0, 0.1) is 0 Å². The first kappa shape index (κ1) is 14.5. The molecule has 1 aliphatic rings. The van der Waals surface area contributed by atoms with Crippen molar-refractivity contribution in [3.8, 4) is 0 Å². The van der Waals surface area contributed by atoms with E-state index in [9.17, 15) is 13.5 Å². The van der Waals surface area contributed by atoms with Gasteiger partial charge in [-0.3, -0.25) is 0 Å². The summed E-state index contributed by atoms with van der Waals surface area (Å²) in [6.45, 7) is 2.03.